The predicted molar refractivity (Wildman–Crippen MR) is 124 cm³/mol. The molecular formula is C28H34O6. The molecule has 6 rings (SSSR count). The van der Waals surface area contributed by atoms with E-state index in [-0.39, 0.29) is 42.7 Å². The maximum atomic E-state index is 13.4. The van der Waals surface area contributed by atoms with Crippen LogP contribution in [0.25, 0.3) is 0 Å². The van der Waals surface area contributed by atoms with Crippen molar-refractivity contribution in [2.24, 2.45) is 23.7 Å². The van der Waals surface area contributed by atoms with Crippen molar-refractivity contribution in [1.82, 2.24) is 0 Å². The first kappa shape index (κ1) is 22.6. The number of ether oxygens (including phenoxy) is 3. The van der Waals surface area contributed by atoms with Crippen molar-refractivity contribution in [1.29, 1.82) is 0 Å². The van der Waals surface area contributed by atoms with Gasteiger partial charge in [-0.3, -0.25) is 4.79 Å². The Hall–Kier alpha value is -1.83. The number of Topliss-reactive ketones (excluding diaryl/α,β-unsaturated/α-hetero) is 1. The molecule has 2 aliphatic heterocycles. The highest BCUT2D eigenvalue weighted by molar-refractivity contribution is 5.92. The summed E-state index contributed by atoms with van der Waals surface area (Å²) in [5.74, 6) is -2.50. The van der Waals surface area contributed by atoms with Gasteiger partial charge >= 0.3 is 0 Å². The molecule has 0 radical (unpaired) electrons. The summed E-state index contributed by atoms with van der Waals surface area (Å²) in [7, 11) is 0. The van der Waals surface area contributed by atoms with Gasteiger partial charge in [0.25, 0.3) is 5.97 Å². The van der Waals surface area contributed by atoms with E-state index in [0.29, 0.717) is 24.8 Å². The molecule has 3 aliphatic carbocycles. The molecule has 3 bridgehead atoms. The minimum absolute atomic E-state index is 0.0316. The molecule has 5 aliphatic rings. The molecule has 1 aromatic rings. The van der Waals surface area contributed by atoms with E-state index < -0.39 is 28.7 Å². The van der Waals surface area contributed by atoms with Gasteiger partial charge in [-0.15, -0.1) is 0 Å². The maximum absolute atomic E-state index is 13.4. The van der Waals surface area contributed by atoms with Gasteiger partial charge in [0.1, 0.15) is 17.3 Å². The lowest BCUT2D eigenvalue weighted by Crippen LogP contribution is -2.70. The van der Waals surface area contributed by atoms with Crippen molar-refractivity contribution in [3.63, 3.8) is 0 Å². The quantitative estimate of drug-likeness (QED) is 0.663. The molecule has 0 unspecified atom stereocenters. The Morgan fingerprint density at radius 2 is 1.94 bits per heavy atom. The van der Waals surface area contributed by atoms with Gasteiger partial charge in [0, 0.05) is 24.2 Å². The van der Waals surface area contributed by atoms with Crippen molar-refractivity contribution in [2.75, 3.05) is 6.61 Å². The van der Waals surface area contributed by atoms with Gasteiger partial charge < -0.3 is 24.4 Å². The molecule has 9 atom stereocenters. The van der Waals surface area contributed by atoms with Crippen LogP contribution in [0.1, 0.15) is 45.6 Å². The maximum Gasteiger partial charge on any atom is 0.289 e. The number of carbonyl (C=O) groups excluding carboxylic acids is 1. The minimum Gasteiger partial charge on any atom is -0.392 e. The topological polar surface area (TPSA) is 85.2 Å². The highest BCUT2D eigenvalue weighted by Gasteiger charge is 2.79. The Labute approximate surface area is 200 Å². The fourth-order valence-electron chi connectivity index (χ4n) is 7.95. The van der Waals surface area contributed by atoms with Crippen molar-refractivity contribution < 1.29 is 29.2 Å². The van der Waals surface area contributed by atoms with Gasteiger partial charge in [0.15, 0.2) is 5.78 Å². The number of hydrogen-bond donors (Lipinski definition) is 2. The van der Waals surface area contributed by atoms with Crippen LogP contribution in [-0.4, -0.2) is 51.5 Å². The molecule has 6 nitrogen and oxygen atoms in total. The molecule has 2 N–H and O–H groups in total. The van der Waals surface area contributed by atoms with Crippen LogP contribution < -0.4 is 0 Å². The average molecular weight is 467 g/mol. The summed E-state index contributed by atoms with van der Waals surface area (Å²) in [6, 6.07) is 9.97. The Morgan fingerprint density at radius 3 is 2.62 bits per heavy atom. The van der Waals surface area contributed by atoms with Gasteiger partial charge in [-0.05, 0) is 42.4 Å². The summed E-state index contributed by atoms with van der Waals surface area (Å²) in [5, 5.41) is 22.2. The molecule has 34 heavy (non-hydrogen) atoms. The minimum atomic E-state index is -1.58. The van der Waals surface area contributed by atoms with Gasteiger partial charge in [-0.1, -0.05) is 56.8 Å². The second-order valence-electron chi connectivity index (χ2n) is 11.4. The molecule has 0 amide bonds. The molecule has 2 heterocycles. The van der Waals surface area contributed by atoms with Crippen LogP contribution >= 0.6 is 0 Å². The number of carbonyl (C=O) groups is 1. The Kier molecular flexibility index (Phi) is 4.73. The first-order valence-electron chi connectivity index (χ1n) is 12.5. The molecule has 2 saturated heterocycles. The standard InChI is InChI=1S/C28H34O6/c1-16(2)26-12-18(4)28-21(11-20(15-29)13-25(31)22(28)10-17(3)23(25)30)24(26)32-27(33-26,34-28)14-19-8-6-5-7-9-19/h5-9,11,17-18,21-22,24,29,31H,1,10,12-15H2,2-4H3/t17-,18+,21-,22+,24+,25+,26+,27-,28+/m0/s1. The number of aliphatic hydroxyl groups is 2. The zero-order valence-corrected chi connectivity index (χ0v) is 20.1. The van der Waals surface area contributed by atoms with Crippen molar-refractivity contribution in [2.45, 2.75) is 75.3 Å². The fraction of sp³-hybridized carbons (Fsp3) is 0.607. The first-order valence-corrected chi connectivity index (χ1v) is 12.5. The second kappa shape index (κ2) is 7.11. The molecule has 0 spiro atoms. The SMILES string of the molecule is C=C(C)[C@]12C[C@@H](C)[C@@]34O[C@@](Cc5ccccc5)(O[C@@H]1[C@@H]3C=C(CO)C[C@]1(O)C(=O)[C@@H](C)C[C@@H]41)O2. The van der Waals surface area contributed by atoms with Crippen LogP contribution in [0, 0.1) is 23.7 Å². The lowest BCUT2D eigenvalue weighted by Gasteiger charge is -2.59. The summed E-state index contributed by atoms with van der Waals surface area (Å²) in [4.78, 5) is 13.4. The molecule has 0 aromatic heterocycles. The summed E-state index contributed by atoms with van der Waals surface area (Å²) in [6.45, 7) is 10.1. The summed E-state index contributed by atoms with van der Waals surface area (Å²) < 4.78 is 20.6. The highest BCUT2D eigenvalue weighted by atomic mass is 16.9. The van der Waals surface area contributed by atoms with Crippen LogP contribution in [0.4, 0.5) is 0 Å². The van der Waals surface area contributed by atoms with Gasteiger partial charge in [0.2, 0.25) is 0 Å². The Balaban J connectivity index is 1.57. The third kappa shape index (κ3) is 2.66. The predicted octanol–water partition coefficient (Wildman–Crippen LogP) is 3.32. The Bertz CT molecular complexity index is 1080. The molecule has 182 valence electrons. The normalized spacial score (nSPS) is 48.8. The van der Waals surface area contributed by atoms with E-state index in [1.165, 1.54) is 0 Å². The summed E-state index contributed by atoms with van der Waals surface area (Å²) in [5.41, 5.74) is -0.626. The van der Waals surface area contributed by atoms with Crippen LogP contribution in [0.5, 0.6) is 0 Å². The Morgan fingerprint density at radius 1 is 1.21 bits per heavy atom. The summed E-state index contributed by atoms with van der Waals surface area (Å²) >= 11 is 0. The van der Waals surface area contributed by atoms with E-state index in [1.807, 2.05) is 50.3 Å². The zero-order valence-electron chi connectivity index (χ0n) is 20.1. The summed E-state index contributed by atoms with van der Waals surface area (Å²) in [6.07, 6.45) is 3.33. The third-order valence-electron chi connectivity index (χ3n) is 9.35. The number of hydrogen-bond acceptors (Lipinski definition) is 6. The number of ketones is 1. The van der Waals surface area contributed by atoms with E-state index in [0.717, 1.165) is 11.1 Å². The monoisotopic (exact) mass is 466 g/mol. The zero-order chi connectivity index (χ0) is 24.1. The van der Waals surface area contributed by atoms with E-state index in [2.05, 4.69) is 13.5 Å². The third-order valence-corrected chi connectivity index (χ3v) is 9.35. The number of rotatable bonds is 4. The fourth-order valence-corrected chi connectivity index (χ4v) is 7.95. The van der Waals surface area contributed by atoms with E-state index >= 15 is 0 Å². The van der Waals surface area contributed by atoms with Crippen LogP contribution in [0.2, 0.25) is 0 Å². The molecule has 6 heteroatoms. The van der Waals surface area contributed by atoms with Gasteiger partial charge in [-0.25, -0.2) is 0 Å². The van der Waals surface area contributed by atoms with E-state index in [9.17, 15) is 15.0 Å². The number of benzene rings is 1. The number of fused-ring (bicyclic) bond motifs is 2. The van der Waals surface area contributed by atoms with Gasteiger partial charge in [0.05, 0.1) is 18.6 Å². The molecular weight excluding hydrogens is 432 g/mol. The largest absolute Gasteiger partial charge is 0.392 e. The lowest BCUT2D eigenvalue weighted by atomic mass is 9.54. The van der Waals surface area contributed by atoms with Gasteiger partial charge in [-0.2, -0.15) is 0 Å². The van der Waals surface area contributed by atoms with Crippen LogP contribution in [-0.2, 0) is 25.4 Å². The van der Waals surface area contributed by atoms with Crippen molar-refractivity contribution in [3.8, 4) is 0 Å². The molecule has 4 fully saturated rings. The van der Waals surface area contributed by atoms with E-state index in [4.69, 9.17) is 14.2 Å². The van der Waals surface area contributed by atoms with Crippen molar-refractivity contribution in [3.05, 3.63) is 59.7 Å². The molecule has 2 saturated carbocycles. The molecule has 1 aromatic carbocycles. The average Bonchev–Trinajstić information content (AvgIpc) is 3.10. The highest BCUT2D eigenvalue weighted by Crippen LogP contribution is 2.69. The van der Waals surface area contributed by atoms with E-state index in [1.54, 1.807) is 0 Å². The first-order chi connectivity index (χ1) is 16.1. The second-order valence-corrected chi connectivity index (χ2v) is 11.4. The van der Waals surface area contributed by atoms with Crippen LogP contribution in [0.3, 0.4) is 0 Å². The lowest BCUT2D eigenvalue weighted by molar-refractivity contribution is -0.424. The van der Waals surface area contributed by atoms with Crippen LogP contribution in [0.15, 0.2) is 54.1 Å². The smallest absolute Gasteiger partial charge is 0.289 e. The van der Waals surface area contributed by atoms with Crippen molar-refractivity contribution >= 4 is 5.78 Å². The number of aliphatic hydroxyl groups excluding tert-OH is 1.